The van der Waals surface area contributed by atoms with E-state index in [4.69, 9.17) is 0 Å². The van der Waals surface area contributed by atoms with E-state index in [1.807, 2.05) is 19.3 Å². The van der Waals surface area contributed by atoms with Crippen molar-refractivity contribution in [1.82, 2.24) is 15.2 Å². The molecule has 3 heteroatoms. The van der Waals surface area contributed by atoms with Gasteiger partial charge < -0.3 is 5.32 Å². The molecule has 21 heavy (non-hydrogen) atoms. The minimum Gasteiger partial charge on any atom is -0.318 e. The van der Waals surface area contributed by atoms with E-state index in [1.165, 1.54) is 18.4 Å². The highest BCUT2D eigenvalue weighted by Crippen LogP contribution is 2.33. The van der Waals surface area contributed by atoms with Gasteiger partial charge in [0.15, 0.2) is 0 Å². The summed E-state index contributed by atoms with van der Waals surface area (Å²) in [6.45, 7) is 2.18. The van der Waals surface area contributed by atoms with Gasteiger partial charge in [0.2, 0.25) is 0 Å². The summed E-state index contributed by atoms with van der Waals surface area (Å²) in [5.41, 5.74) is 2.48. The van der Waals surface area contributed by atoms with Crippen molar-refractivity contribution in [1.29, 1.82) is 0 Å². The molecule has 110 valence electrons. The number of nitrogens with zero attached hydrogens (tertiary/aromatic N) is 2. The molecule has 2 unspecified atom stereocenters. The second-order valence-electron chi connectivity index (χ2n) is 5.66. The van der Waals surface area contributed by atoms with E-state index in [9.17, 15) is 0 Å². The molecule has 1 aliphatic rings. The summed E-state index contributed by atoms with van der Waals surface area (Å²) >= 11 is 0. The molecule has 0 amide bonds. The molecule has 1 aromatic heterocycles. The lowest BCUT2D eigenvalue weighted by molar-refractivity contribution is 0.201. The minimum absolute atomic E-state index is 0.258. The number of benzene rings is 1. The van der Waals surface area contributed by atoms with Gasteiger partial charge in [0, 0.05) is 18.8 Å². The zero-order chi connectivity index (χ0) is 14.5. The van der Waals surface area contributed by atoms with Gasteiger partial charge in [-0.05, 0) is 44.1 Å². The Labute approximate surface area is 127 Å². The number of likely N-dealkylation sites (tertiary alicyclic amines) is 1. The van der Waals surface area contributed by atoms with Crippen molar-refractivity contribution in [3.05, 3.63) is 66.0 Å². The first-order chi connectivity index (χ1) is 10.4. The molecule has 0 radical (unpaired) electrons. The number of likely N-dealkylation sites (N-methyl/N-ethyl adjacent to an activating group) is 1. The van der Waals surface area contributed by atoms with Gasteiger partial charge in [0.25, 0.3) is 0 Å². The Balaban J connectivity index is 1.97. The van der Waals surface area contributed by atoms with E-state index >= 15 is 0 Å². The van der Waals surface area contributed by atoms with Crippen LogP contribution in [0.3, 0.4) is 0 Å². The van der Waals surface area contributed by atoms with Crippen LogP contribution < -0.4 is 5.32 Å². The predicted molar refractivity (Wildman–Crippen MR) is 86.2 cm³/mol. The molecule has 1 saturated heterocycles. The van der Waals surface area contributed by atoms with Crippen LogP contribution in [0.4, 0.5) is 0 Å². The number of hydrogen-bond donors (Lipinski definition) is 1. The van der Waals surface area contributed by atoms with Gasteiger partial charge in [-0.25, -0.2) is 0 Å². The van der Waals surface area contributed by atoms with E-state index in [1.54, 1.807) is 0 Å². The van der Waals surface area contributed by atoms with Crippen LogP contribution in [-0.2, 0) is 0 Å². The lowest BCUT2D eigenvalue weighted by atomic mass is 10.0. The highest BCUT2D eigenvalue weighted by molar-refractivity contribution is 5.28. The largest absolute Gasteiger partial charge is 0.318 e. The summed E-state index contributed by atoms with van der Waals surface area (Å²) in [4.78, 5) is 7.24. The molecule has 1 N–H and O–H groups in total. The predicted octanol–water partition coefficient (Wildman–Crippen LogP) is 2.85. The highest BCUT2D eigenvalue weighted by Gasteiger charge is 2.32. The molecule has 0 aliphatic carbocycles. The molecule has 2 aromatic rings. The second kappa shape index (κ2) is 6.83. The third-order valence-corrected chi connectivity index (χ3v) is 4.28. The molecule has 1 aliphatic heterocycles. The standard InChI is InChI=1S/C18H23N3/c1-19-14-16-10-7-13-21(16)18(15-8-3-2-4-9-15)17-11-5-6-12-20-17/h2-6,8-9,11-12,16,18-19H,7,10,13-14H2,1H3. The topological polar surface area (TPSA) is 28.2 Å². The number of pyridine rings is 1. The van der Waals surface area contributed by atoms with Gasteiger partial charge in [-0.1, -0.05) is 36.4 Å². The van der Waals surface area contributed by atoms with Crippen LogP contribution >= 0.6 is 0 Å². The minimum atomic E-state index is 0.258. The van der Waals surface area contributed by atoms with Crippen molar-refractivity contribution in [2.45, 2.75) is 24.9 Å². The van der Waals surface area contributed by atoms with Crippen molar-refractivity contribution in [3.63, 3.8) is 0 Å². The number of nitrogens with one attached hydrogen (secondary N) is 1. The third-order valence-electron chi connectivity index (χ3n) is 4.28. The van der Waals surface area contributed by atoms with Crippen LogP contribution in [0.25, 0.3) is 0 Å². The maximum Gasteiger partial charge on any atom is 0.0779 e. The van der Waals surface area contributed by atoms with Crippen molar-refractivity contribution in [2.24, 2.45) is 0 Å². The van der Waals surface area contributed by atoms with E-state index in [0.717, 1.165) is 18.8 Å². The molecule has 1 fully saturated rings. The number of rotatable bonds is 5. The molecule has 0 bridgehead atoms. The molecule has 0 saturated carbocycles. The second-order valence-corrected chi connectivity index (χ2v) is 5.66. The lowest BCUT2D eigenvalue weighted by Crippen LogP contribution is -2.40. The van der Waals surface area contributed by atoms with Crippen LogP contribution in [0.5, 0.6) is 0 Å². The molecule has 1 aromatic carbocycles. The van der Waals surface area contributed by atoms with Crippen LogP contribution in [0.1, 0.15) is 30.1 Å². The summed E-state index contributed by atoms with van der Waals surface area (Å²) in [5.74, 6) is 0. The normalized spacial score (nSPS) is 20.5. The van der Waals surface area contributed by atoms with Crippen molar-refractivity contribution in [2.75, 3.05) is 20.1 Å². The molecular formula is C18H23N3. The Hall–Kier alpha value is -1.71. The highest BCUT2D eigenvalue weighted by atomic mass is 15.2. The molecule has 0 spiro atoms. The first-order valence-electron chi connectivity index (χ1n) is 7.76. The van der Waals surface area contributed by atoms with Crippen LogP contribution in [0.15, 0.2) is 54.7 Å². The van der Waals surface area contributed by atoms with Gasteiger partial charge in [-0.3, -0.25) is 9.88 Å². The van der Waals surface area contributed by atoms with Crippen LogP contribution in [0, 0.1) is 0 Å². The fourth-order valence-corrected chi connectivity index (χ4v) is 3.36. The monoisotopic (exact) mass is 281 g/mol. The van der Waals surface area contributed by atoms with Gasteiger partial charge >= 0.3 is 0 Å². The Morgan fingerprint density at radius 2 is 2.00 bits per heavy atom. The average molecular weight is 281 g/mol. The van der Waals surface area contributed by atoms with Gasteiger partial charge in [0.1, 0.15) is 0 Å². The van der Waals surface area contributed by atoms with Crippen LogP contribution in [-0.4, -0.2) is 36.1 Å². The fraction of sp³-hybridized carbons (Fsp3) is 0.389. The van der Waals surface area contributed by atoms with E-state index < -0.39 is 0 Å². The average Bonchev–Trinajstić information content (AvgIpc) is 2.98. The molecule has 2 heterocycles. The summed E-state index contributed by atoms with van der Waals surface area (Å²) in [5, 5.41) is 3.34. The van der Waals surface area contributed by atoms with Crippen molar-refractivity contribution in [3.8, 4) is 0 Å². The number of hydrogen-bond acceptors (Lipinski definition) is 3. The Kier molecular flexibility index (Phi) is 4.63. The Morgan fingerprint density at radius 3 is 2.71 bits per heavy atom. The first-order valence-corrected chi connectivity index (χ1v) is 7.76. The van der Waals surface area contributed by atoms with Gasteiger partial charge in [0.05, 0.1) is 11.7 Å². The maximum absolute atomic E-state index is 4.63. The zero-order valence-corrected chi connectivity index (χ0v) is 12.6. The third kappa shape index (κ3) is 3.14. The lowest BCUT2D eigenvalue weighted by Gasteiger charge is -2.33. The smallest absolute Gasteiger partial charge is 0.0779 e. The summed E-state index contributed by atoms with van der Waals surface area (Å²) in [7, 11) is 2.04. The molecule has 3 nitrogen and oxygen atoms in total. The molecule has 2 atom stereocenters. The summed E-state index contributed by atoms with van der Waals surface area (Å²) < 4.78 is 0. The maximum atomic E-state index is 4.63. The summed E-state index contributed by atoms with van der Waals surface area (Å²) in [6, 6.07) is 17.8. The summed E-state index contributed by atoms with van der Waals surface area (Å²) in [6.07, 6.45) is 4.42. The Bertz CT molecular complexity index is 501. The van der Waals surface area contributed by atoms with Crippen molar-refractivity contribution >= 4 is 0 Å². The Morgan fingerprint density at radius 1 is 1.19 bits per heavy atom. The van der Waals surface area contributed by atoms with Crippen LogP contribution in [0.2, 0.25) is 0 Å². The molecule has 3 rings (SSSR count). The first kappa shape index (κ1) is 14.2. The molecular weight excluding hydrogens is 258 g/mol. The van der Waals surface area contributed by atoms with E-state index in [2.05, 4.69) is 57.7 Å². The van der Waals surface area contributed by atoms with Gasteiger partial charge in [-0.15, -0.1) is 0 Å². The van der Waals surface area contributed by atoms with Crippen molar-refractivity contribution < 1.29 is 0 Å². The zero-order valence-electron chi connectivity index (χ0n) is 12.6. The quantitative estimate of drug-likeness (QED) is 0.913. The SMILES string of the molecule is CNCC1CCCN1C(c1ccccc1)c1ccccn1. The number of aromatic nitrogens is 1. The van der Waals surface area contributed by atoms with E-state index in [-0.39, 0.29) is 6.04 Å². The fourth-order valence-electron chi connectivity index (χ4n) is 3.36. The van der Waals surface area contributed by atoms with Gasteiger partial charge in [-0.2, -0.15) is 0 Å². The van der Waals surface area contributed by atoms with E-state index in [0.29, 0.717) is 6.04 Å².